The van der Waals surface area contributed by atoms with Crippen molar-refractivity contribution in [1.29, 1.82) is 0 Å². The predicted octanol–water partition coefficient (Wildman–Crippen LogP) is 1.34. The van der Waals surface area contributed by atoms with Gasteiger partial charge in [0.05, 0.1) is 22.8 Å². The Kier molecular flexibility index (Phi) is 3.65. The molecule has 0 fully saturated rings. The van der Waals surface area contributed by atoms with Crippen molar-refractivity contribution in [1.82, 2.24) is 5.43 Å². The number of nitro groups is 1. The van der Waals surface area contributed by atoms with Crippen molar-refractivity contribution in [3.63, 3.8) is 0 Å². The number of hydrogen-bond donors (Lipinski definition) is 1. The number of carbonyl (C=O) groups is 1. The summed E-state index contributed by atoms with van der Waals surface area (Å²) in [4.78, 5) is 20.6. The molecule has 0 unspecified atom stereocenters. The minimum absolute atomic E-state index is 0.127. The Labute approximate surface area is 114 Å². The summed E-state index contributed by atoms with van der Waals surface area (Å²) in [5.74, 6) is -1.97. The predicted molar refractivity (Wildman–Crippen MR) is 61.0 cm³/mol. The number of halogens is 3. The van der Waals surface area contributed by atoms with Crippen LogP contribution in [-0.2, 0) is 4.79 Å². The van der Waals surface area contributed by atoms with Gasteiger partial charge in [0.25, 0.3) is 5.69 Å². The van der Waals surface area contributed by atoms with Crippen LogP contribution in [0.3, 0.4) is 0 Å². The summed E-state index contributed by atoms with van der Waals surface area (Å²) in [7, 11) is 0. The normalized spacial score (nSPS) is 13.5. The molecule has 0 atom stereocenters. The molecule has 0 radical (unpaired) electrons. The van der Waals surface area contributed by atoms with Crippen molar-refractivity contribution in [2.24, 2.45) is 5.10 Å². The van der Waals surface area contributed by atoms with Crippen molar-refractivity contribution in [2.45, 2.75) is 6.18 Å². The summed E-state index contributed by atoms with van der Waals surface area (Å²) >= 11 is 0. The molecular weight excluding hydrogens is 299 g/mol. The molecular formula is C10H6F3N3O5. The molecule has 1 aromatic rings. The zero-order chi connectivity index (χ0) is 15.6. The van der Waals surface area contributed by atoms with Crippen LogP contribution < -0.4 is 14.9 Å². The summed E-state index contributed by atoms with van der Waals surface area (Å²) in [5.41, 5.74) is 0.615. The zero-order valence-corrected chi connectivity index (χ0v) is 10.0. The van der Waals surface area contributed by atoms with Gasteiger partial charge in [-0.1, -0.05) is 0 Å². The van der Waals surface area contributed by atoms with E-state index in [-0.39, 0.29) is 23.9 Å². The number of nitrogens with one attached hydrogen (secondary N) is 1. The Morgan fingerprint density at radius 2 is 2.00 bits per heavy atom. The number of alkyl halides is 3. The highest BCUT2D eigenvalue weighted by molar-refractivity contribution is 5.89. The molecule has 1 heterocycles. The lowest BCUT2D eigenvalue weighted by Gasteiger charge is -2.03. The van der Waals surface area contributed by atoms with E-state index in [0.717, 1.165) is 6.07 Å². The van der Waals surface area contributed by atoms with Gasteiger partial charge < -0.3 is 9.47 Å². The Morgan fingerprint density at radius 3 is 2.57 bits per heavy atom. The van der Waals surface area contributed by atoms with Gasteiger partial charge in [0.15, 0.2) is 11.5 Å². The van der Waals surface area contributed by atoms with Gasteiger partial charge in [0, 0.05) is 0 Å². The number of benzene rings is 1. The second-order valence-corrected chi connectivity index (χ2v) is 3.72. The monoisotopic (exact) mass is 305 g/mol. The molecule has 0 saturated carbocycles. The highest BCUT2D eigenvalue weighted by Crippen LogP contribution is 2.37. The van der Waals surface area contributed by atoms with Gasteiger partial charge in [-0.2, -0.15) is 18.3 Å². The van der Waals surface area contributed by atoms with Gasteiger partial charge in [-0.3, -0.25) is 14.9 Å². The Balaban J connectivity index is 2.23. The van der Waals surface area contributed by atoms with Crippen LogP contribution in [0.4, 0.5) is 18.9 Å². The minimum atomic E-state index is -5.10. The van der Waals surface area contributed by atoms with Gasteiger partial charge in [-0.25, -0.2) is 5.43 Å². The molecule has 0 spiro atoms. The Hall–Kier alpha value is -2.85. The SMILES string of the molecule is O=C(N/N=C/c1cc2c(cc1[N+](=O)[O-])OCO2)C(F)(F)F. The number of hydrazone groups is 1. The average Bonchev–Trinajstić information content (AvgIpc) is 2.83. The Morgan fingerprint density at radius 1 is 1.38 bits per heavy atom. The summed E-state index contributed by atoms with van der Waals surface area (Å²) in [6, 6.07) is 2.22. The first kappa shape index (κ1) is 14.6. The summed E-state index contributed by atoms with van der Waals surface area (Å²) in [6.45, 7) is -0.127. The topological polar surface area (TPSA) is 103 Å². The van der Waals surface area contributed by atoms with Crippen LogP contribution in [0.2, 0.25) is 0 Å². The van der Waals surface area contributed by atoms with E-state index >= 15 is 0 Å². The van der Waals surface area contributed by atoms with Crippen LogP contribution in [0.5, 0.6) is 11.5 Å². The van der Waals surface area contributed by atoms with Crippen molar-refractivity contribution in [3.05, 3.63) is 27.8 Å². The molecule has 0 aliphatic carbocycles. The molecule has 1 aromatic carbocycles. The van der Waals surface area contributed by atoms with E-state index in [0.29, 0.717) is 6.21 Å². The number of rotatable bonds is 3. The van der Waals surface area contributed by atoms with Gasteiger partial charge in [-0.05, 0) is 6.07 Å². The van der Waals surface area contributed by atoms with Crippen LogP contribution in [0.1, 0.15) is 5.56 Å². The number of nitrogens with zero attached hydrogens (tertiary/aromatic N) is 2. The van der Waals surface area contributed by atoms with Crippen LogP contribution in [0.25, 0.3) is 0 Å². The lowest BCUT2D eigenvalue weighted by molar-refractivity contribution is -0.385. The molecule has 11 heteroatoms. The van der Waals surface area contributed by atoms with Crippen molar-refractivity contribution < 1.29 is 32.4 Å². The third-order valence-electron chi connectivity index (χ3n) is 2.35. The largest absolute Gasteiger partial charge is 0.473 e. The van der Waals surface area contributed by atoms with Crippen molar-refractivity contribution in [3.8, 4) is 11.5 Å². The number of hydrogen-bond acceptors (Lipinski definition) is 6. The fourth-order valence-electron chi connectivity index (χ4n) is 1.43. The van der Waals surface area contributed by atoms with Gasteiger partial charge in [-0.15, -0.1) is 0 Å². The number of carbonyl (C=O) groups excluding carboxylic acids is 1. The molecule has 21 heavy (non-hydrogen) atoms. The van der Waals surface area contributed by atoms with Crippen molar-refractivity contribution >= 4 is 17.8 Å². The first-order valence-corrected chi connectivity index (χ1v) is 5.27. The lowest BCUT2D eigenvalue weighted by Crippen LogP contribution is -2.33. The molecule has 0 saturated heterocycles. The number of nitro benzene ring substituents is 1. The quantitative estimate of drug-likeness (QED) is 0.515. The van der Waals surface area contributed by atoms with Crippen LogP contribution in [0.15, 0.2) is 17.2 Å². The summed E-state index contributed by atoms with van der Waals surface area (Å²) < 4.78 is 45.7. The van der Waals surface area contributed by atoms with Gasteiger partial charge in [0.1, 0.15) is 0 Å². The summed E-state index contributed by atoms with van der Waals surface area (Å²) in [5, 5.41) is 13.9. The maximum absolute atomic E-state index is 11.9. The standard InChI is InChI=1S/C10H6F3N3O5/c11-10(12,13)9(17)15-14-3-5-1-7-8(21-4-20-7)2-6(5)16(18)19/h1-3H,4H2,(H,15,17)/b14-3+. The van der Waals surface area contributed by atoms with E-state index in [4.69, 9.17) is 9.47 Å². The van der Waals surface area contributed by atoms with E-state index in [2.05, 4.69) is 5.10 Å². The molecule has 1 amide bonds. The van der Waals surface area contributed by atoms with E-state index in [1.165, 1.54) is 11.5 Å². The molecule has 1 N–H and O–H groups in total. The Bertz CT molecular complexity index is 629. The highest BCUT2D eigenvalue weighted by atomic mass is 19.4. The fourth-order valence-corrected chi connectivity index (χ4v) is 1.43. The smallest absolute Gasteiger partial charge is 0.454 e. The summed E-state index contributed by atoms with van der Waals surface area (Å²) in [6.07, 6.45) is -4.39. The van der Waals surface area contributed by atoms with Gasteiger partial charge in [0.2, 0.25) is 6.79 Å². The number of amides is 1. The average molecular weight is 305 g/mol. The van der Waals surface area contributed by atoms with Gasteiger partial charge >= 0.3 is 12.1 Å². The molecule has 112 valence electrons. The molecule has 1 aliphatic rings. The van der Waals surface area contributed by atoms with Crippen LogP contribution in [0, 0.1) is 10.1 Å². The molecule has 0 aromatic heterocycles. The third-order valence-corrected chi connectivity index (χ3v) is 2.35. The number of ether oxygens (including phenoxy) is 2. The molecule has 2 rings (SSSR count). The maximum Gasteiger partial charge on any atom is 0.473 e. The first-order valence-electron chi connectivity index (χ1n) is 5.27. The van der Waals surface area contributed by atoms with E-state index < -0.39 is 22.7 Å². The van der Waals surface area contributed by atoms with Crippen LogP contribution in [-0.4, -0.2) is 30.0 Å². The zero-order valence-electron chi connectivity index (χ0n) is 10.0. The first-order chi connectivity index (χ1) is 9.79. The second kappa shape index (κ2) is 5.26. The molecule has 0 bridgehead atoms. The van der Waals surface area contributed by atoms with E-state index in [1.807, 2.05) is 0 Å². The maximum atomic E-state index is 11.9. The molecule has 1 aliphatic heterocycles. The second-order valence-electron chi connectivity index (χ2n) is 3.72. The number of fused-ring (bicyclic) bond motifs is 1. The van der Waals surface area contributed by atoms with Crippen LogP contribution >= 0.6 is 0 Å². The lowest BCUT2D eigenvalue weighted by atomic mass is 10.1. The van der Waals surface area contributed by atoms with E-state index in [9.17, 15) is 28.1 Å². The highest BCUT2D eigenvalue weighted by Gasteiger charge is 2.38. The third kappa shape index (κ3) is 3.19. The van der Waals surface area contributed by atoms with E-state index in [1.54, 1.807) is 0 Å². The fraction of sp³-hybridized carbons (Fsp3) is 0.200. The van der Waals surface area contributed by atoms with Crippen molar-refractivity contribution in [2.75, 3.05) is 6.79 Å². The minimum Gasteiger partial charge on any atom is -0.454 e. The molecule has 8 nitrogen and oxygen atoms in total.